The fraction of sp³-hybridized carbons (Fsp3) is 0.154. The van der Waals surface area contributed by atoms with E-state index in [0.717, 1.165) is 5.56 Å². The average molecular weight is 415 g/mol. The predicted octanol–water partition coefficient (Wildman–Crippen LogP) is 5.90. The summed E-state index contributed by atoms with van der Waals surface area (Å²) in [5.74, 6) is 0.215. The van der Waals surface area contributed by atoms with Crippen molar-refractivity contribution in [2.45, 2.75) is 20.5 Å². The van der Waals surface area contributed by atoms with Crippen LogP contribution in [-0.2, 0) is 6.61 Å². The van der Waals surface area contributed by atoms with Crippen LogP contribution >= 0.6 is 0 Å². The second-order valence-electron chi connectivity index (χ2n) is 6.88. The quantitative estimate of drug-likeness (QED) is 0.261. The molecule has 0 aromatic heterocycles. The van der Waals surface area contributed by atoms with E-state index >= 15 is 0 Å². The number of hydrogen-bond donors (Lipinski definition) is 0. The van der Waals surface area contributed by atoms with Crippen molar-refractivity contribution in [3.63, 3.8) is 0 Å². The molecule has 0 radical (unpaired) electrons. The molecule has 0 bridgehead atoms. The van der Waals surface area contributed by atoms with Gasteiger partial charge < -0.3 is 9.47 Å². The molecular weight excluding hydrogens is 393 g/mol. The van der Waals surface area contributed by atoms with Gasteiger partial charge in [-0.1, -0.05) is 54.1 Å². The zero-order valence-electron chi connectivity index (χ0n) is 17.4. The van der Waals surface area contributed by atoms with Crippen molar-refractivity contribution in [1.29, 1.82) is 5.26 Å². The van der Waals surface area contributed by atoms with Gasteiger partial charge in [0.2, 0.25) is 5.78 Å². The number of hydrogen-bond acceptors (Lipinski definition) is 4. The summed E-state index contributed by atoms with van der Waals surface area (Å²) in [7, 11) is 0. The highest BCUT2D eigenvalue weighted by Crippen LogP contribution is 2.30. The lowest BCUT2D eigenvalue weighted by atomic mass is 10.0. The zero-order valence-corrected chi connectivity index (χ0v) is 17.4. The van der Waals surface area contributed by atoms with Crippen LogP contribution in [0.3, 0.4) is 0 Å². The first kappa shape index (κ1) is 21.8. The van der Waals surface area contributed by atoms with Crippen LogP contribution in [0.2, 0.25) is 0 Å². The third-order valence-electron chi connectivity index (χ3n) is 4.60. The standard InChI is InChI=1S/C26H22FNO3/c1-3-30-25-15-19(10-13-24(25)31-17-21-6-4-5-7-23(21)27)14-22(16-28)26(29)20-11-8-18(2)9-12-20/h4-15H,3,17H2,1-2H3/b22-14-. The molecule has 0 amide bonds. The molecule has 3 aromatic rings. The maximum absolute atomic E-state index is 13.8. The molecule has 0 saturated carbocycles. The van der Waals surface area contributed by atoms with Crippen LogP contribution in [-0.4, -0.2) is 12.4 Å². The van der Waals surface area contributed by atoms with Crippen molar-refractivity contribution < 1.29 is 18.7 Å². The number of halogens is 1. The largest absolute Gasteiger partial charge is 0.490 e. The number of benzene rings is 3. The molecular formula is C26H22FNO3. The van der Waals surface area contributed by atoms with Crippen LogP contribution < -0.4 is 9.47 Å². The summed E-state index contributed by atoms with van der Waals surface area (Å²) in [6.45, 7) is 4.22. The molecule has 0 fully saturated rings. The van der Waals surface area contributed by atoms with Gasteiger partial charge in [0.05, 0.1) is 6.61 Å². The maximum atomic E-state index is 13.8. The minimum absolute atomic E-state index is 0.0197. The van der Waals surface area contributed by atoms with Crippen molar-refractivity contribution in [3.8, 4) is 17.6 Å². The van der Waals surface area contributed by atoms with Crippen molar-refractivity contribution in [3.05, 3.63) is 100 Å². The molecule has 0 aliphatic carbocycles. The molecule has 0 spiro atoms. The summed E-state index contributed by atoms with van der Waals surface area (Å²) in [6, 6.07) is 20.5. The van der Waals surface area contributed by atoms with Crippen LogP contribution in [0.1, 0.15) is 34.0 Å². The van der Waals surface area contributed by atoms with Gasteiger partial charge in [0.1, 0.15) is 24.1 Å². The number of aryl methyl sites for hydroxylation is 1. The number of ether oxygens (including phenoxy) is 2. The molecule has 156 valence electrons. The van der Waals surface area contributed by atoms with E-state index in [1.807, 2.05) is 32.0 Å². The number of allylic oxidation sites excluding steroid dienone is 1. The minimum Gasteiger partial charge on any atom is -0.490 e. The lowest BCUT2D eigenvalue weighted by Gasteiger charge is -2.13. The topological polar surface area (TPSA) is 59.3 Å². The Morgan fingerprint density at radius 3 is 2.45 bits per heavy atom. The summed E-state index contributed by atoms with van der Waals surface area (Å²) in [5.41, 5.74) is 2.56. The lowest BCUT2D eigenvalue weighted by Crippen LogP contribution is -2.03. The minimum atomic E-state index is -0.347. The Kier molecular flexibility index (Phi) is 7.18. The Morgan fingerprint density at radius 1 is 1.03 bits per heavy atom. The van der Waals surface area contributed by atoms with Gasteiger partial charge in [-0.25, -0.2) is 4.39 Å². The molecule has 4 nitrogen and oxygen atoms in total. The zero-order chi connectivity index (χ0) is 22.2. The smallest absolute Gasteiger partial charge is 0.203 e. The average Bonchev–Trinajstić information content (AvgIpc) is 2.78. The second kappa shape index (κ2) is 10.2. The molecule has 0 heterocycles. The van der Waals surface area contributed by atoms with Crippen molar-refractivity contribution in [1.82, 2.24) is 0 Å². The first-order chi connectivity index (χ1) is 15.0. The van der Waals surface area contributed by atoms with Gasteiger partial charge in [-0.3, -0.25) is 4.79 Å². The first-order valence-corrected chi connectivity index (χ1v) is 9.88. The highest BCUT2D eigenvalue weighted by molar-refractivity contribution is 6.14. The molecule has 0 atom stereocenters. The van der Waals surface area contributed by atoms with Crippen LogP contribution in [0.4, 0.5) is 4.39 Å². The number of nitriles is 1. The molecule has 0 aliphatic heterocycles. The molecule has 3 aromatic carbocycles. The Morgan fingerprint density at radius 2 is 1.77 bits per heavy atom. The SMILES string of the molecule is CCOc1cc(/C=C(/C#N)C(=O)c2ccc(C)cc2)ccc1OCc1ccccc1F. The van der Waals surface area contributed by atoms with E-state index in [1.54, 1.807) is 48.5 Å². The summed E-state index contributed by atoms with van der Waals surface area (Å²) < 4.78 is 25.3. The highest BCUT2D eigenvalue weighted by Gasteiger charge is 2.13. The summed E-state index contributed by atoms with van der Waals surface area (Å²) >= 11 is 0. The van der Waals surface area contributed by atoms with Gasteiger partial charge in [0, 0.05) is 11.1 Å². The van der Waals surface area contributed by atoms with Gasteiger partial charge in [-0.15, -0.1) is 0 Å². The molecule has 0 N–H and O–H groups in total. The fourth-order valence-corrected chi connectivity index (χ4v) is 2.95. The maximum Gasteiger partial charge on any atom is 0.203 e. The monoisotopic (exact) mass is 415 g/mol. The van der Waals surface area contributed by atoms with E-state index in [9.17, 15) is 14.4 Å². The van der Waals surface area contributed by atoms with Gasteiger partial charge in [0.25, 0.3) is 0 Å². The fourth-order valence-electron chi connectivity index (χ4n) is 2.95. The first-order valence-electron chi connectivity index (χ1n) is 9.88. The van der Waals surface area contributed by atoms with E-state index in [-0.39, 0.29) is 23.8 Å². The van der Waals surface area contributed by atoms with E-state index in [2.05, 4.69) is 0 Å². The predicted molar refractivity (Wildman–Crippen MR) is 117 cm³/mol. The number of rotatable bonds is 8. The molecule has 5 heteroatoms. The van der Waals surface area contributed by atoms with Crippen molar-refractivity contribution in [2.75, 3.05) is 6.61 Å². The molecule has 3 rings (SSSR count). The Labute approximate surface area is 181 Å². The summed E-state index contributed by atoms with van der Waals surface area (Å²) in [5, 5.41) is 9.51. The molecule has 0 saturated heterocycles. The van der Waals surface area contributed by atoms with Gasteiger partial charge in [-0.05, 0) is 43.7 Å². The molecule has 31 heavy (non-hydrogen) atoms. The third kappa shape index (κ3) is 5.58. The Hall–Kier alpha value is -3.91. The van der Waals surface area contributed by atoms with Gasteiger partial charge in [-0.2, -0.15) is 5.26 Å². The highest BCUT2D eigenvalue weighted by atomic mass is 19.1. The Bertz CT molecular complexity index is 1140. The number of carbonyl (C=O) groups excluding carboxylic acids is 1. The summed E-state index contributed by atoms with van der Waals surface area (Å²) in [4.78, 5) is 12.7. The second-order valence-corrected chi connectivity index (χ2v) is 6.88. The van der Waals surface area contributed by atoms with Gasteiger partial charge in [0.15, 0.2) is 11.5 Å². The number of nitrogens with zero attached hydrogens (tertiary/aromatic N) is 1. The number of Topliss-reactive ketones (excluding diaryl/α,β-unsaturated/α-hetero) is 1. The van der Waals surface area contributed by atoms with E-state index in [4.69, 9.17) is 9.47 Å². The van der Waals surface area contributed by atoms with Crippen LogP contribution in [0.25, 0.3) is 6.08 Å². The molecule has 0 aliphatic rings. The number of ketones is 1. The molecule has 0 unspecified atom stereocenters. The normalized spacial score (nSPS) is 11.0. The van der Waals surface area contributed by atoms with Crippen LogP contribution in [0.5, 0.6) is 11.5 Å². The van der Waals surface area contributed by atoms with E-state index in [1.165, 1.54) is 12.1 Å². The van der Waals surface area contributed by atoms with Gasteiger partial charge >= 0.3 is 0 Å². The van der Waals surface area contributed by atoms with E-state index < -0.39 is 0 Å². The summed E-state index contributed by atoms with van der Waals surface area (Å²) in [6.07, 6.45) is 1.52. The Balaban J connectivity index is 1.84. The van der Waals surface area contributed by atoms with E-state index in [0.29, 0.717) is 34.8 Å². The number of carbonyl (C=O) groups is 1. The van der Waals surface area contributed by atoms with Crippen LogP contribution in [0, 0.1) is 24.1 Å². The van der Waals surface area contributed by atoms with Crippen molar-refractivity contribution >= 4 is 11.9 Å². The van der Waals surface area contributed by atoms with Crippen molar-refractivity contribution in [2.24, 2.45) is 0 Å². The third-order valence-corrected chi connectivity index (χ3v) is 4.60. The van der Waals surface area contributed by atoms with Crippen LogP contribution in [0.15, 0.2) is 72.3 Å². The lowest BCUT2D eigenvalue weighted by molar-refractivity contribution is 0.104.